The molecule has 2 heterocycles. The molecule has 18 heavy (non-hydrogen) atoms. The average molecular weight is 252 g/mol. The number of aliphatic hydroxyl groups excluding tert-OH is 1. The van der Waals surface area contributed by atoms with Crippen molar-refractivity contribution in [2.24, 2.45) is 5.92 Å². The van der Waals surface area contributed by atoms with Gasteiger partial charge in [0.1, 0.15) is 12.0 Å². The molecule has 0 aromatic carbocycles. The van der Waals surface area contributed by atoms with Gasteiger partial charge in [0.15, 0.2) is 5.82 Å². The second-order valence-electron chi connectivity index (χ2n) is 4.56. The highest BCUT2D eigenvalue weighted by atomic mass is 16.5. The molecule has 6 nitrogen and oxygen atoms in total. The lowest BCUT2D eigenvalue weighted by Crippen LogP contribution is -2.36. The number of hydrogen-bond donors (Lipinski definition) is 2. The molecule has 0 aliphatic carbocycles. The standard InChI is InChI=1S/C12H20N4O2/c1-3-18-12-10(13)11(14-7-15-12)16-5-4-8(2)9(16)6-17/h7-9,17H,3-6,13H2,1-2H3. The number of hydrogen-bond acceptors (Lipinski definition) is 6. The van der Waals surface area contributed by atoms with Crippen LogP contribution in [0.2, 0.25) is 0 Å². The summed E-state index contributed by atoms with van der Waals surface area (Å²) in [6.45, 7) is 5.48. The van der Waals surface area contributed by atoms with E-state index in [0.717, 1.165) is 13.0 Å². The van der Waals surface area contributed by atoms with Gasteiger partial charge < -0.3 is 20.5 Å². The lowest BCUT2D eigenvalue weighted by atomic mass is 10.0. The quantitative estimate of drug-likeness (QED) is 0.819. The highest BCUT2D eigenvalue weighted by Crippen LogP contribution is 2.34. The molecule has 1 aliphatic heterocycles. The smallest absolute Gasteiger partial charge is 0.242 e. The summed E-state index contributed by atoms with van der Waals surface area (Å²) in [6.07, 6.45) is 2.48. The fourth-order valence-electron chi connectivity index (χ4n) is 2.40. The summed E-state index contributed by atoms with van der Waals surface area (Å²) in [5, 5.41) is 9.47. The summed E-state index contributed by atoms with van der Waals surface area (Å²) in [5.41, 5.74) is 6.49. The second-order valence-corrected chi connectivity index (χ2v) is 4.56. The lowest BCUT2D eigenvalue weighted by Gasteiger charge is -2.27. The van der Waals surface area contributed by atoms with Crippen molar-refractivity contribution in [3.05, 3.63) is 6.33 Å². The maximum atomic E-state index is 9.47. The maximum absolute atomic E-state index is 9.47. The molecule has 0 amide bonds. The molecule has 1 fully saturated rings. The van der Waals surface area contributed by atoms with Crippen LogP contribution >= 0.6 is 0 Å². The fraction of sp³-hybridized carbons (Fsp3) is 0.667. The van der Waals surface area contributed by atoms with Crippen LogP contribution in [0.1, 0.15) is 20.3 Å². The van der Waals surface area contributed by atoms with Crippen LogP contribution in [0.15, 0.2) is 6.33 Å². The highest BCUT2D eigenvalue weighted by molar-refractivity contribution is 5.68. The first-order valence-electron chi connectivity index (χ1n) is 6.29. The monoisotopic (exact) mass is 252 g/mol. The van der Waals surface area contributed by atoms with Crippen molar-refractivity contribution in [2.45, 2.75) is 26.3 Å². The Morgan fingerprint density at radius 3 is 3.00 bits per heavy atom. The number of aliphatic hydroxyl groups is 1. The van der Waals surface area contributed by atoms with Crippen LogP contribution in [0.5, 0.6) is 5.88 Å². The second kappa shape index (κ2) is 5.39. The number of ether oxygens (including phenoxy) is 1. The number of nitrogens with two attached hydrogens (primary N) is 1. The van der Waals surface area contributed by atoms with E-state index < -0.39 is 0 Å². The molecule has 0 bridgehead atoms. The molecule has 2 atom stereocenters. The Morgan fingerprint density at radius 1 is 1.56 bits per heavy atom. The van der Waals surface area contributed by atoms with Gasteiger partial charge in [-0.25, -0.2) is 4.98 Å². The Hall–Kier alpha value is -1.56. The van der Waals surface area contributed by atoms with E-state index in [9.17, 15) is 5.11 Å². The minimum absolute atomic E-state index is 0.0664. The Morgan fingerprint density at radius 2 is 2.33 bits per heavy atom. The third-order valence-electron chi connectivity index (χ3n) is 3.45. The predicted molar refractivity (Wildman–Crippen MR) is 69.6 cm³/mol. The van der Waals surface area contributed by atoms with E-state index in [2.05, 4.69) is 16.9 Å². The molecule has 0 spiro atoms. The third-order valence-corrected chi connectivity index (χ3v) is 3.45. The van der Waals surface area contributed by atoms with Crippen molar-refractivity contribution in [1.29, 1.82) is 0 Å². The Bertz CT molecular complexity index is 413. The molecular formula is C12H20N4O2. The minimum Gasteiger partial charge on any atom is -0.476 e. The first-order valence-corrected chi connectivity index (χ1v) is 6.29. The summed E-state index contributed by atoms with van der Waals surface area (Å²) in [6, 6.07) is 0.0664. The highest BCUT2D eigenvalue weighted by Gasteiger charge is 2.33. The fourth-order valence-corrected chi connectivity index (χ4v) is 2.40. The van der Waals surface area contributed by atoms with Crippen molar-refractivity contribution < 1.29 is 9.84 Å². The normalized spacial score (nSPS) is 23.4. The van der Waals surface area contributed by atoms with Crippen LogP contribution in [0.4, 0.5) is 11.5 Å². The van der Waals surface area contributed by atoms with E-state index >= 15 is 0 Å². The van der Waals surface area contributed by atoms with Crippen LogP contribution in [-0.4, -0.2) is 40.9 Å². The van der Waals surface area contributed by atoms with E-state index in [1.54, 1.807) is 0 Å². The molecule has 1 aromatic rings. The number of nitrogens with zero attached hydrogens (tertiary/aromatic N) is 3. The zero-order valence-corrected chi connectivity index (χ0v) is 10.8. The summed E-state index contributed by atoms with van der Waals surface area (Å²) in [4.78, 5) is 10.3. The van der Waals surface area contributed by atoms with Crippen LogP contribution in [-0.2, 0) is 0 Å². The largest absolute Gasteiger partial charge is 0.476 e. The molecule has 1 saturated heterocycles. The van der Waals surface area contributed by atoms with E-state index in [1.165, 1.54) is 6.33 Å². The minimum atomic E-state index is 0.0664. The average Bonchev–Trinajstić information content (AvgIpc) is 2.73. The van der Waals surface area contributed by atoms with E-state index in [4.69, 9.17) is 10.5 Å². The van der Waals surface area contributed by atoms with Crippen molar-refractivity contribution in [1.82, 2.24) is 9.97 Å². The van der Waals surface area contributed by atoms with Gasteiger partial charge in [-0.15, -0.1) is 0 Å². The molecule has 1 aromatic heterocycles. The molecule has 1 aliphatic rings. The van der Waals surface area contributed by atoms with Crippen molar-refractivity contribution in [2.75, 3.05) is 30.4 Å². The zero-order chi connectivity index (χ0) is 13.1. The van der Waals surface area contributed by atoms with E-state index in [-0.39, 0.29) is 12.6 Å². The molecule has 2 unspecified atom stereocenters. The Balaban J connectivity index is 2.30. The molecule has 6 heteroatoms. The van der Waals surface area contributed by atoms with E-state index in [1.807, 2.05) is 11.8 Å². The first kappa shape index (κ1) is 12.9. The number of nitrogen functional groups attached to an aromatic ring is 1. The van der Waals surface area contributed by atoms with Gasteiger partial charge in [0.25, 0.3) is 0 Å². The SMILES string of the molecule is CCOc1ncnc(N2CCC(C)C2CO)c1N. The Labute approximate surface area is 107 Å². The van der Waals surface area contributed by atoms with Crippen molar-refractivity contribution >= 4 is 11.5 Å². The zero-order valence-electron chi connectivity index (χ0n) is 10.8. The van der Waals surface area contributed by atoms with Crippen LogP contribution in [0.25, 0.3) is 0 Å². The van der Waals surface area contributed by atoms with Gasteiger partial charge in [-0.3, -0.25) is 0 Å². The van der Waals surface area contributed by atoms with Gasteiger partial charge in [-0.05, 0) is 19.3 Å². The molecule has 100 valence electrons. The molecule has 2 rings (SSSR count). The van der Waals surface area contributed by atoms with E-state index in [0.29, 0.717) is 29.9 Å². The number of aromatic nitrogens is 2. The first-order chi connectivity index (χ1) is 8.69. The third kappa shape index (κ3) is 2.20. The molecule has 0 radical (unpaired) electrons. The van der Waals surface area contributed by atoms with Crippen LogP contribution < -0.4 is 15.4 Å². The number of anilines is 2. The molecule has 0 saturated carbocycles. The molecule has 3 N–H and O–H groups in total. The summed E-state index contributed by atoms with van der Waals surface area (Å²) in [7, 11) is 0. The van der Waals surface area contributed by atoms with Crippen molar-refractivity contribution in [3.63, 3.8) is 0 Å². The van der Waals surface area contributed by atoms with Gasteiger partial charge >= 0.3 is 0 Å². The summed E-state index contributed by atoms with van der Waals surface area (Å²) in [5.74, 6) is 1.51. The van der Waals surface area contributed by atoms with Gasteiger partial charge in [0.05, 0.1) is 19.3 Å². The van der Waals surface area contributed by atoms with Gasteiger partial charge in [-0.2, -0.15) is 4.98 Å². The lowest BCUT2D eigenvalue weighted by molar-refractivity contribution is 0.244. The van der Waals surface area contributed by atoms with Crippen LogP contribution in [0.3, 0.4) is 0 Å². The summed E-state index contributed by atoms with van der Waals surface area (Å²) < 4.78 is 5.37. The number of rotatable bonds is 4. The van der Waals surface area contributed by atoms with Crippen molar-refractivity contribution in [3.8, 4) is 5.88 Å². The topological polar surface area (TPSA) is 84.5 Å². The van der Waals surface area contributed by atoms with Gasteiger partial charge in [-0.1, -0.05) is 6.92 Å². The van der Waals surface area contributed by atoms with Gasteiger partial charge in [0, 0.05) is 6.54 Å². The van der Waals surface area contributed by atoms with Gasteiger partial charge in [0.2, 0.25) is 5.88 Å². The maximum Gasteiger partial charge on any atom is 0.242 e. The predicted octanol–water partition coefficient (Wildman–Crippen LogP) is 0.665. The molecular weight excluding hydrogens is 232 g/mol. The Kier molecular flexibility index (Phi) is 3.86. The van der Waals surface area contributed by atoms with Crippen LogP contribution in [0, 0.1) is 5.92 Å². The summed E-state index contributed by atoms with van der Waals surface area (Å²) >= 11 is 0.